The third-order valence-corrected chi connectivity index (χ3v) is 7.29. The summed E-state index contributed by atoms with van der Waals surface area (Å²) in [4.78, 5) is 36.7. The number of amides is 2. The molecule has 0 radical (unpaired) electrons. The topological polar surface area (TPSA) is 113 Å². The minimum atomic E-state index is -0.130. The molecular formula is C27H33N7O3. The number of likely N-dealkylation sites (tertiary alicyclic amines) is 1. The zero-order valence-corrected chi connectivity index (χ0v) is 21.7. The molecule has 1 atom stereocenters. The van der Waals surface area contributed by atoms with Gasteiger partial charge in [0.25, 0.3) is 11.8 Å². The van der Waals surface area contributed by atoms with E-state index < -0.39 is 0 Å². The van der Waals surface area contributed by atoms with Gasteiger partial charge >= 0.3 is 0 Å². The van der Waals surface area contributed by atoms with Crippen LogP contribution in [-0.4, -0.2) is 64.7 Å². The summed E-state index contributed by atoms with van der Waals surface area (Å²) in [5.41, 5.74) is 5.43. The fourth-order valence-corrected chi connectivity index (χ4v) is 5.32. The summed E-state index contributed by atoms with van der Waals surface area (Å²) in [6, 6.07) is 7.13. The van der Waals surface area contributed by atoms with Crippen LogP contribution in [0.25, 0.3) is 11.3 Å². The van der Waals surface area contributed by atoms with E-state index >= 15 is 0 Å². The summed E-state index contributed by atoms with van der Waals surface area (Å²) in [5.74, 6) is 0.718. The predicted octanol–water partition coefficient (Wildman–Crippen LogP) is 3.23. The van der Waals surface area contributed by atoms with Gasteiger partial charge in [-0.1, -0.05) is 0 Å². The van der Waals surface area contributed by atoms with Crippen LogP contribution < -0.4 is 20.7 Å². The summed E-state index contributed by atoms with van der Waals surface area (Å²) in [6.45, 7) is 6.29. The number of aromatic nitrogens is 3. The highest BCUT2D eigenvalue weighted by atomic mass is 16.5. The first kappa shape index (κ1) is 24.8. The lowest BCUT2D eigenvalue weighted by Gasteiger charge is -2.32. The molecular weight excluding hydrogens is 470 g/mol. The first-order chi connectivity index (χ1) is 17.9. The van der Waals surface area contributed by atoms with E-state index in [4.69, 9.17) is 9.72 Å². The van der Waals surface area contributed by atoms with Crippen molar-refractivity contribution in [2.75, 3.05) is 32.6 Å². The number of rotatable bonds is 6. The van der Waals surface area contributed by atoms with E-state index in [2.05, 4.69) is 30.4 Å². The van der Waals surface area contributed by atoms with Crippen molar-refractivity contribution in [2.45, 2.75) is 45.8 Å². The van der Waals surface area contributed by atoms with Crippen molar-refractivity contribution >= 4 is 23.5 Å². The quantitative estimate of drug-likeness (QED) is 0.473. The Bertz CT molecular complexity index is 1350. The molecule has 1 unspecified atom stereocenters. The largest absolute Gasteiger partial charge is 0.495 e. The number of benzene rings is 1. The maximum atomic E-state index is 12.9. The molecule has 194 valence electrons. The molecule has 2 aliphatic heterocycles. The SMILES string of the molecule is COc1cc(C(=O)NC2CCCCN2C)ccc1Nc1nccc(-c2c(C)c3n(c2C)CCNC3=O)n1. The van der Waals surface area contributed by atoms with E-state index in [0.29, 0.717) is 35.2 Å². The second-order valence-corrected chi connectivity index (χ2v) is 9.61. The van der Waals surface area contributed by atoms with Gasteiger partial charge in [0, 0.05) is 36.1 Å². The Kier molecular flexibility index (Phi) is 6.84. The number of anilines is 2. The minimum Gasteiger partial charge on any atom is -0.495 e. The van der Waals surface area contributed by atoms with Crippen LogP contribution in [-0.2, 0) is 6.54 Å². The molecule has 5 rings (SSSR count). The van der Waals surface area contributed by atoms with Crippen molar-refractivity contribution in [3.8, 4) is 17.0 Å². The smallest absolute Gasteiger partial charge is 0.268 e. The van der Waals surface area contributed by atoms with Crippen LogP contribution in [0.3, 0.4) is 0 Å². The Hall–Kier alpha value is -3.92. The van der Waals surface area contributed by atoms with Gasteiger partial charge in [-0.2, -0.15) is 0 Å². The average Bonchev–Trinajstić information content (AvgIpc) is 3.16. The van der Waals surface area contributed by atoms with Crippen molar-refractivity contribution in [1.82, 2.24) is 30.1 Å². The Balaban J connectivity index is 1.38. The number of fused-ring (bicyclic) bond motifs is 1. The first-order valence-electron chi connectivity index (χ1n) is 12.6. The lowest BCUT2D eigenvalue weighted by atomic mass is 10.1. The van der Waals surface area contributed by atoms with E-state index in [1.54, 1.807) is 31.5 Å². The number of nitrogens with zero attached hydrogens (tertiary/aromatic N) is 4. The van der Waals surface area contributed by atoms with E-state index in [-0.39, 0.29) is 18.0 Å². The molecule has 0 bridgehead atoms. The highest BCUT2D eigenvalue weighted by Gasteiger charge is 2.27. The molecule has 10 heteroatoms. The maximum absolute atomic E-state index is 12.9. The van der Waals surface area contributed by atoms with Gasteiger partial charge in [-0.05, 0) is 76.5 Å². The average molecular weight is 504 g/mol. The molecule has 3 aromatic rings. The van der Waals surface area contributed by atoms with Gasteiger partial charge in [-0.3, -0.25) is 14.5 Å². The summed E-state index contributed by atoms with van der Waals surface area (Å²) < 4.78 is 7.64. The van der Waals surface area contributed by atoms with Crippen LogP contribution in [0.5, 0.6) is 5.75 Å². The Labute approximate surface area is 216 Å². The summed E-state index contributed by atoms with van der Waals surface area (Å²) in [7, 11) is 3.60. The molecule has 2 aromatic heterocycles. The van der Waals surface area contributed by atoms with Crippen LogP contribution >= 0.6 is 0 Å². The molecule has 37 heavy (non-hydrogen) atoms. The van der Waals surface area contributed by atoms with Crippen LogP contribution in [0.1, 0.15) is 51.4 Å². The fraction of sp³-hybridized carbons (Fsp3) is 0.407. The summed E-state index contributed by atoms with van der Waals surface area (Å²) in [6.07, 6.45) is 4.94. The Morgan fingerprint density at radius 3 is 2.78 bits per heavy atom. The lowest BCUT2D eigenvalue weighted by molar-refractivity contribution is 0.0828. The highest BCUT2D eigenvalue weighted by molar-refractivity contribution is 5.98. The van der Waals surface area contributed by atoms with Crippen molar-refractivity contribution in [1.29, 1.82) is 0 Å². The number of ether oxygens (including phenoxy) is 1. The third-order valence-electron chi connectivity index (χ3n) is 7.29. The van der Waals surface area contributed by atoms with Gasteiger partial charge < -0.3 is 25.3 Å². The van der Waals surface area contributed by atoms with Crippen molar-refractivity contribution in [3.63, 3.8) is 0 Å². The number of carbonyl (C=O) groups excluding carboxylic acids is 2. The molecule has 2 amide bonds. The van der Waals surface area contributed by atoms with Crippen LogP contribution in [0.15, 0.2) is 30.5 Å². The molecule has 0 spiro atoms. The number of methoxy groups -OCH3 is 1. The maximum Gasteiger partial charge on any atom is 0.268 e. The molecule has 1 aromatic carbocycles. The number of piperidine rings is 1. The number of carbonyl (C=O) groups is 2. The number of hydrogen-bond acceptors (Lipinski definition) is 7. The van der Waals surface area contributed by atoms with E-state index in [0.717, 1.165) is 54.9 Å². The zero-order valence-electron chi connectivity index (χ0n) is 21.7. The predicted molar refractivity (Wildman–Crippen MR) is 141 cm³/mol. The van der Waals surface area contributed by atoms with E-state index in [1.165, 1.54) is 0 Å². The van der Waals surface area contributed by atoms with E-state index in [9.17, 15) is 9.59 Å². The van der Waals surface area contributed by atoms with Crippen LogP contribution in [0, 0.1) is 13.8 Å². The van der Waals surface area contributed by atoms with E-state index in [1.807, 2.05) is 27.0 Å². The van der Waals surface area contributed by atoms with Gasteiger partial charge in [-0.25, -0.2) is 9.97 Å². The van der Waals surface area contributed by atoms with Gasteiger partial charge in [0.05, 0.1) is 24.7 Å². The molecule has 2 aliphatic rings. The number of hydrogen-bond donors (Lipinski definition) is 3. The van der Waals surface area contributed by atoms with Crippen molar-refractivity contribution < 1.29 is 14.3 Å². The third kappa shape index (κ3) is 4.76. The minimum absolute atomic E-state index is 0.0409. The zero-order chi connectivity index (χ0) is 26.1. The molecule has 3 N–H and O–H groups in total. The van der Waals surface area contributed by atoms with Crippen molar-refractivity contribution in [2.24, 2.45) is 0 Å². The van der Waals surface area contributed by atoms with Gasteiger partial charge in [0.15, 0.2) is 0 Å². The van der Waals surface area contributed by atoms with Crippen molar-refractivity contribution in [3.05, 3.63) is 53.0 Å². The molecule has 1 fully saturated rings. The second kappa shape index (κ2) is 10.2. The van der Waals surface area contributed by atoms with Gasteiger partial charge in [0.1, 0.15) is 11.4 Å². The monoisotopic (exact) mass is 503 g/mol. The number of nitrogens with one attached hydrogen (secondary N) is 3. The summed E-state index contributed by atoms with van der Waals surface area (Å²) in [5, 5.41) is 9.26. The van der Waals surface area contributed by atoms with Gasteiger partial charge in [0.2, 0.25) is 5.95 Å². The summed E-state index contributed by atoms with van der Waals surface area (Å²) >= 11 is 0. The molecule has 0 saturated carbocycles. The first-order valence-corrected chi connectivity index (χ1v) is 12.6. The highest BCUT2D eigenvalue weighted by Crippen LogP contribution is 2.33. The second-order valence-electron chi connectivity index (χ2n) is 9.61. The molecule has 10 nitrogen and oxygen atoms in total. The van der Waals surface area contributed by atoms with Crippen LogP contribution in [0.2, 0.25) is 0 Å². The molecule has 4 heterocycles. The van der Waals surface area contributed by atoms with Crippen LogP contribution in [0.4, 0.5) is 11.6 Å². The molecule has 1 saturated heterocycles. The normalized spacial score (nSPS) is 17.6. The lowest BCUT2D eigenvalue weighted by Crippen LogP contribution is -2.48. The Morgan fingerprint density at radius 2 is 2.03 bits per heavy atom. The Morgan fingerprint density at radius 1 is 1.19 bits per heavy atom. The van der Waals surface area contributed by atoms with Gasteiger partial charge in [-0.15, -0.1) is 0 Å². The molecule has 0 aliphatic carbocycles. The standard InChI is InChI=1S/C27H33N7O3/c1-16-23(17(2)34-14-12-28-26(36)24(16)34)20-10-11-29-27(31-20)30-19-9-8-18(15-21(19)37-4)25(35)32-22-7-5-6-13-33(22)3/h8-11,15,22H,5-7,12-14H2,1-4H3,(H,28,36)(H,32,35)(H,29,30,31). The fourth-order valence-electron chi connectivity index (χ4n) is 5.32.